The number of hydrogen-bond donors (Lipinski definition) is 2. The molecule has 0 atom stereocenters. The third-order valence-electron chi connectivity index (χ3n) is 6.55. The molecule has 130 valence electrons. The highest BCUT2D eigenvalue weighted by Crippen LogP contribution is 2.52. The molecule has 0 bridgehead atoms. The van der Waals surface area contributed by atoms with E-state index in [-0.39, 0.29) is 0 Å². The van der Waals surface area contributed by atoms with Gasteiger partial charge in [-0.2, -0.15) is 0 Å². The van der Waals surface area contributed by atoms with Crippen LogP contribution < -0.4 is 11.1 Å². The van der Waals surface area contributed by atoms with E-state index in [4.69, 9.17) is 17.3 Å². The van der Waals surface area contributed by atoms with Crippen LogP contribution in [-0.4, -0.2) is 43.0 Å². The number of rotatable bonds is 3. The summed E-state index contributed by atoms with van der Waals surface area (Å²) < 4.78 is 0. The molecular weight excluding hydrogens is 310 g/mol. The second kappa shape index (κ2) is 7.12. The first-order valence-corrected chi connectivity index (χ1v) is 9.48. The SMILES string of the molecule is CN(C1CCNCC1)C1CCC2(CC/C(=C(/Cl)C(N)=O)C2)CC1. The number of halogens is 1. The van der Waals surface area contributed by atoms with Crippen molar-refractivity contribution < 1.29 is 4.79 Å². The van der Waals surface area contributed by atoms with Crippen LogP contribution in [0.3, 0.4) is 0 Å². The number of allylic oxidation sites excluding steroid dienone is 1. The molecule has 0 aromatic carbocycles. The number of nitrogens with one attached hydrogen (secondary N) is 1. The largest absolute Gasteiger partial charge is 0.365 e. The summed E-state index contributed by atoms with van der Waals surface area (Å²) in [5, 5.41) is 3.76. The normalized spacial score (nSPS) is 35.0. The van der Waals surface area contributed by atoms with Gasteiger partial charge in [-0.15, -0.1) is 0 Å². The summed E-state index contributed by atoms with van der Waals surface area (Å²) in [6.07, 6.45) is 10.8. The summed E-state index contributed by atoms with van der Waals surface area (Å²) in [5.74, 6) is -0.460. The number of primary amides is 1. The molecule has 3 N–H and O–H groups in total. The lowest BCUT2D eigenvalue weighted by atomic mass is 9.70. The highest BCUT2D eigenvalue weighted by atomic mass is 35.5. The maximum Gasteiger partial charge on any atom is 0.260 e. The third-order valence-corrected chi connectivity index (χ3v) is 7.00. The summed E-state index contributed by atoms with van der Waals surface area (Å²) in [6, 6.07) is 1.47. The van der Waals surface area contributed by atoms with Gasteiger partial charge in [0, 0.05) is 12.1 Å². The van der Waals surface area contributed by atoms with Crippen LogP contribution in [0.2, 0.25) is 0 Å². The van der Waals surface area contributed by atoms with Crippen molar-refractivity contribution in [2.24, 2.45) is 11.1 Å². The van der Waals surface area contributed by atoms with Gasteiger partial charge in [0.25, 0.3) is 5.91 Å². The van der Waals surface area contributed by atoms with E-state index in [0.717, 1.165) is 43.6 Å². The second-order valence-corrected chi connectivity index (χ2v) is 8.21. The fourth-order valence-electron chi connectivity index (χ4n) is 4.97. The van der Waals surface area contributed by atoms with Crippen LogP contribution in [0.4, 0.5) is 0 Å². The van der Waals surface area contributed by atoms with Crippen molar-refractivity contribution in [3.05, 3.63) is 10.6 Å². The van der Waals surface area contributed by atoms with E-state index in [0.29, 0.717) is 10.4 Å². The molecule has 4 nitrogen and oxygen atoms in total. The smallest absolute Gasteiger partial charge is 0.260 e. The molecule has 0 unspecified atom stereocenters. The number of piperidine rings is 1. The Labute approximate surface area is 144 Å². The Morgan fingerprint density at radius 3 is 2.39 bits per heavy atom. The summed E-state index contributed by atoms with van der Waals surface area (Å²) in [5.41, 5.74) is 6.82. The molecule has 3 fully saturated rings. The predicted octanol–water partition coefficient (Wildman–Crippen LogP) is 2.76. The molecule has 5 heteroatoms. The van der Waals surface area contributed by atoms with Gasteiger partial charge in [0.2, 0.25) is 0 Å². The Balaban J connectivity index is 1.56. The van der Waals surface area contributed by atoms with Gasteiger partial charge < -0.3 is 16.0 Å². The van der Waals surface area contributed by atoms with Crippen LogP contribution in [0.5, 0.6) is 0 Å². The van der Waals surface area contributed by atoms with Crippen molar-refractivity contribution in [2.45, 2.75) is 69.9 Å². The molecule has 1 heterocycles. The van der Waals surface area contributed by atoms with Gasteiger partial charge in [-0.1, -0.05) is 11.6 Å². The summed E-state index contributed by atoms with van der Waals surface area (Å²) in [7, 11) is 2.32. The summed E-state index contributed by atoms with van der Waals surface area (Å²) >= 11 is 6.10. The molecule has 2 saturated carbocycles. The van der Waals surface area contributed by atoms with Crippen molar-refractivity contribution >= 4 is 17.5 Å². The quantitative estimate of drug-likeness (QED) is 0.777. The number of carbonyl (C=O) groups is 1. The Bertz CT molecular complexity index is 477. The molecule has 0 aromatic heterocycles. The van der Waals surface area contributed by atoms with E-state index < -0.39 is 5.91 Å². The second-order valence-electron chi connectivity index (χ2n) is 7.84. The predicted molar refractivity (Wildman–Crippen MR) is 94.3 cm³/mol. The molecule has 0 aromatic rings. The van der Waals surface area contributed by atoms with Gasteiger partial charge >= 0.3 is 0 Å². The lowest BCUT2D eigenvalue weighted by Crippen LogP contribution is -2.47. The molecule has 1 amide bonds. The maximum atomic E-state index is 11.3. The number of nitrogens with zero attached hydrogens (tertiary/aromatic N) is 1. The average Bonchev–Trinajstić information content (AvgIpc) is 2.98. The van der Waals surface area contributed by atoms with Crippen LogP contribution in [0.1, 0.15) is 57.8 Å². The van der Waals surface area contributed by atoms with E-state index in [9.17, 15) is 4.79 Å². The highest BCUT2D eigenvalue weighted by molar-refractivity contribution is 6.42. The number of amides is 1. The molecule has 1 saturated heterocycles. The van der Waals surface area contributed by atoms with E-state index in [1.807, 2.05) is 0 Å². The zero-order valence-electron chi connectivity index (χ0n) is 14.2. The molecular formula is C18H30ClN3O. The summed E-state index contributed by atoms with van der Waals surface area (Å²) in [4.78, 5) is 13.9. The number of carbonyl (C=O) groups excluding carboxylic acids is 1. The van der Waals surface area contributed by atoms with E-state index in [1.165, 1.54) is 44.9 Å². The molecule has 3 rings (SSSR count). The Morgan fingerprint density at radius 1 is 1.17 bits per heavy atom. The van der Waals surface area contributed by atoms with Gasteiger partial charge in [-0.25, -0.2) is 0 Å². The van der Waals surface area contributed by atoms with Crippen molar-refractivity contribution in [3.63, 3.8) is 0 Å². The minimum Gasteiger partial charge on any atom is -0.365 e. The Hall–Kier alpha value is -0.580. The monoisotopic (exact) mass is 339 g/mol. The minimum absolute atomic E-state index is 0.302. The molecule has 0 radical (unpaired) electrons. The third kappa shape index (κ3) is 3.75. The fourth-order valence-corrected chi connectivity index (χ4v) is 5.13. The first-order valence-electron chi connectivity index (χ1n) is 9.11. The van der Waals surface area contributed by atoms with Crippen LogP contribution >= 0.6 is 11.6 Å². The fraction of sp³-hybridized carbons (Fsp3) is 0.833. The molecule has 1 aliphatic heterocycles. The first-order chi connectivity index (χ1) is 11.0. The van der Waals surface area contributed by atoms with Gasteiger partial charge in [0.15, 0.2) is 0 Å². The van der Waals surface area contributed by atoms with E-state index in [1.54, 1.807) is 0 Å². The first kappa shape index (κ1) is 17.2. The van der Waals surface area contributed by atoms with Crippen LogP contribution in [0, 0.1) is 5.41 Å². The lowest BCUT2D eigenvalue weighted by molar-refractivity contribution is -0.114. The van der Waals surface area contributed by atoms with Crippen LogP contribution in [0.15, 0.2) is 10.6 Å². The number of hydrogen-bond acceptors (Lipinski definition) is 3. The molecule has 23 heavy (non-hydrogen) atoms. The average molecular weight is 340 g/mol. The van der Waals surface area contributed by atoms with Gasteiger partial charge in [-0.05, 0) is 88.9 Å². The summed E-state index contributed by atoms with van der Waals surface area (Å²) in [6.45, 7) is 2.32. The van der Waals surface area contributed by atoms with Gasteiger partial charge in [0.05, 0.1) is 0 Å². The van der Waals surface area contributed by atoms with Crippen molar-refractivity contribution in [1.82, 2.24) is 10.2 Å². The molecule has 3 aliphatic rings. The lowest BCUT2D eigenvalue weighted by Gasteiger charge is -2.44. The number of nitrogens with two attached hydrogens (primary N) is 1. The standard InChI is InChI=1S/C18H30ClN3O/c1-22(15-5-10-21-11-6-15)14-3-8-18(9-4-14)7-2-13(12-18)16(19)17(20)23/h14-15,21H,2-12H2,1H3,(H2,20,23)/b16-13-. The molecule has 1 spiro atoms. The van der Waals surface area contributed by atoms with E-state index >= 15 is 0 Å². The van der Waals surface area contributed by atoms with Crippen LogP contribution in [-0.2, 0) is 4.79 Å². The van der Waals surface area contributed by atoms with E-state index in [2.05, 4.69) is 17.3 Å². The highest BCUT2D eigenvalue weighted by Gasteiger charge is 2.41. The zero-order valence-corrected chi connectivity index (χ0v) is 15.0. The van der Waals surface area contributed by atoms with Crippen LogP contribution in [0.25, 0.3) is 0 Å². The van der Waals surface area contributed by atoms with Crippen molar-refractivity contribution in [1.29, 1.82) is 0 Å². The Kier molecular flexibility index (Phi) is 5.34. The van der Waals surface area contributed by atoms with Crippen molar-refractivity contribution in [3.8, 4) is 0 Å². The molecule has 2 aliphatic carbocycles. The van der Waals surface area contributed by atoms with Gasteiger partial charge in [0.1, 0.15) is 5.03 Å². The topological polar surface area (TPSA) is 58.4 Å². The maximum absolute atomic E-state index is 11.3. The van der Waals surface area contributed by atoms with Crippen molar-refractivity contribution in [2.75, 3.05) is 20.1 Å². The van der Waals surface area contributed by atoms with Gasteiger partial charge in [-0.3, -0.25) is 4.79 Å². The Morgan fingerprint density at radius 2 is 1.78 bits per heavy atom. The zero-order chi connectivity index (χ0) is 16.4. The minimum atomic E-state index is -0.460.